The summed E-state index contributed by atoms with van der Waals surface area (Å²) in [6, 6.07) is 0.370. The normalized spacial score (nSPS) is 15.4. The first-order valence-corrected chi connectivity index (χ1v) is 6.71. The van der Waals surface area contributed by atoms with E-state index in [1.54, 1.807) is 17.0 Å². The molecule has 1 aromatic heterocycles. The van der Waals surface area contributed by atoms with Crippen LogP contribution in [0.1, 0.15) is 32.6 Å². The van der Waals surface area contributed by atoms with Crippen LogP contribution in [0.15, 0.2) is 17.2 Å². The van der Waals surface area contributed by atoms with Crippen LogP contribution in [-0.4, -0.2) is 33.9 Å². The maximum atomic E-state index is 12.3. The molecule has 1 fully saturated rings. The van der Waals surface area contributed by atoms with Crippen molar-refractivity contribution in [2.75, 3.05) is 18.1 Å². The Hall–Kier alpha value is -1.36. The van der Waals surface area contributed by atoms with Gasteiger partial charge >= 0.3 is 0 Å². The van der Waals surface area contributed by atoms with Crippen LogP contribution in [0.5, 0.6) is 0 Å². The largest absolute Gasteiger partial charge is 0.395 e. The molecule has 2 rings (SSSR count). The molecule has 1 N–H and O–H groups in total. The van der Waals surface area contributed by atoms with Gasteiger partial charge in [-0.2, -0.15) is 0 Å². The zero-order chi connectivity index (χ0) is 13.0. The first-order valence-electron chi connectivity index (χ1n) is 6.71. The van der Waals surface area contributed by atoms with Crippen LogP contribution < -0.4 is 10.5 Å². The number of aliphatic hydroxyl groups is 1. The molecule has 0 amide bonds. The van der Waals surface area contributed by atoms with Crippen molar-refractivity contribution >= 4 is 5.82 Å². The summed E-state index contributed by atoms with van der Waals surface area (Å²) in [5.74, 6) is 0.490. The van der Waals surface area contributed by atoms with Gasteiger partial charge in [0.05, 0.1) is 6.61 Å². The van der Waals surface area contributed by atoms with Gasteiger partial charge in [0.1, 0.15) is 0 Å². The third-order valence-electron chi connectivity index (χ3n) is 3.49. The Bertz CT molecular complexity index is 440. The molecule has 100 valence electrons. The van der Waals surface area contributed by atoms with Crippen molar-refractivity contribution in [3.05, 3.63) is 22.7 Å². The van der Waals surface area contributed by atoms with E-state index in [1.165, 1.54) is 6.42 Å². The van der Waals surface area contributed by atoms with Gasteiger partial charge in [0.25, 0.3) is 5.56 Å². The predicted octanol–water partition coefficient (Wildman–Crippen LogP) is 1.00. The van der Waals surface area contributed by atoms with Gasteiger partial charge in [0.2, 0.25) is 0 Å². The highest BCUT2D eigenvalue weighted by Crippen LogP contribution is 2.26. The molecule has 0 saturated heterocycles. The van der Waals surface area contributed by atoms with Gasteiger partial charge in [-0.05, 0) is 25.7 Å². The Labute approximate surface area is 107 Å². The van der Waals surface area contributed by atoms with E-state index in [9.17, 15) is 4.79 Å². The van der Waals surface area contributed by atoms with Crippen molar-refractivity contribution in [3.8, 4) is 0 Å². The fourth-order valence-corrected chi connectivity index (χ4v) is 2.32. The number of rotatable bonds is 6. The first-order chi connectivity index (χ1) is 8.77. The predicted molar refractivity (Wildman–Crippen MR) is 70.9 cm³/mol. The molecule has 5 nitrogen and oxygen atoms in total. The molecule has 0 aliphatic heterocycles. The van der Waals surface area contributed by atoms with Crippen LogP contribution in [0.2, 0.25) is 0 Å². The number of aryl methyl sites for hydroxylation is 1. The van der Waals surface area contributed by atoms with E-state index in [4.69, 9.17) is 5.11 Å². The topological polar surface area (TPSA) is 58.4 Å². The van der Waals surface area contributed by atoms with E-state index in [1.807, 2.05) is 11.8 Å². The Balaban J connectivity index is 2.28. The van der Waals surface area contributed by atoms with Gasteiger partial charge in [-0.15, -0.1) is 0 Å². The second-order valence-electron chi connectivity index (χ2n) is 4.75. The molecule has 0 spiro atoms. The lowest BCUT2D eigenvalue weighted by Crippen LogP contribution is -2.45. The third-order valence-corrected chi connectivity index (χ3v) is 3.49. The molecule has 1 aliphatic carbocycles. The van der Waals surface area contributed by atoms with Crippen LogP contribution in [-0.2, 0) is 6.54 Å². The number of hydrogen-bond donors (Lipinski definition) is 1. The number of anilines is 1. The molecule has 0 radical (unpaired) electrons. The van der Waals surface area contributed by atoms with Crippen LogP contribution in [0.3, 0.4) is 0 Å². The summed E-state index contributed by atoms with van der Waals surface area (Å²) >= 11 is 0. The minimum Gasteiger partial charge on any atom is -0.395 e. The molecular weight excluding hydrogens is 230 g/mol. The summed E-state index contributed by atoms with van der Waals surface area (Å²) in [4.78, 5) is 18.5. The molecule has 0 aromatic carbocycles. The number of aromatic nitrogens is 2. The standard InChI is InChI=1S/C13H21N3O2/c1-2-7-15-8-6-14-12(13(15)18)16(9-10-17)11-4-3-5-11/h6,8,11,17H,2-5,7,9-10H2,1H3. The van der Waals surface area contributed by atoms with E-state index in [0.29, 0.717) is 24.9 Å². The fraction of sp³-hybridized carbons (Fsp3) is 0.692. The molecule has 1 saturated carbocycles. The molecular formula is C13H21N3O2. The van der Waals surface area contributed by atoms with Crippen LogP contribution >= 0.6 is 0 Å². The zero-order valence-corrected chi connectivity index (χ0v) is 10.9. The molecule has 18 heavy (non-hydrogen) atoms. The average Bonchev–Trinajstić information content (AvgIpc) is 2.29. The number of nitrogens with zero attached hydrogens (tertiary/aromatic N) is 3. The lowest BCUT2D eigenvalue weighted by Gasteiger charge is -2.37. The van der Waals surface area contributed by atoms with E-state index >= 15 is 0 Å². The highest BCUT2D eigenvalue weighted by molar-refractivity contribution is 5.38. The highest BCUT2D eigenvalue weighted by Gasteiger charge is 2.27. The Morgan fingerprint density at radius 2 is 2.33 bits per heavy atom. The summed E-state index contributed by atoms with van der Waals surface area (Å²) in [6.45, 7) is 3.30. The molecule has 0 bridgehead atoms. The van der Waals surface area contributed by atoms with Crippen molar-refractivity contribution < 1.29 is 5.11 Å². The van der Waals surface area contributed by atoms with Gasteiger partial charge in [-0.1, -0.05) is 6.92 Å². The summed E-state index contributed by atoms with van der Waals surface area (Å²) in [6.07, 6.45) is 7.70. The van der Waals surface area contributed by atoms with E-state index in [-0.39, 0.29) is 12.2 Å². The van der Waals surface area contributed by atoms with Crippen molar-refractivity contribution in [1.82, 2.24) is 9.55 Å². The number of hydrogen-bond acceptors (Lipinski definition) is 4. The smallest absolute Gasteiger partial charge is 0.293 e. The van der Waals surface area contributed by atoms with Crippen LogP contribution in [0, 0.1) is 0 Å². The maximum absolute atomic E-state index is 12.3. The second-order valence-corrected chi connectivity index (χ2v) is 4.75. The van der Waals surface area contributed by atoms with Crippen LogP contribution in [0.4, 0.5) is 5.82 Å². The van der Waals surface area contributed by atoms with Crippen molar-refractivity contribution in [2.24, 2.45) is 0 Å². The maximum Gasteiger partial charge on any atom is 0.293 e. The lowest BCUT2D eigenvalue weighted by molar-refractivity contribution is 0.282. The van der Waals surface area contributed by atoms with Crippen molar-refractivity contribution in [3.63, 3.8) is 0 Å². The van der Waals surface area contributed by atoms with Crippen molar-refractivity contribution in [2.45, 2.75) is 45.2 Å². The molecule has 1 aromatic rings. The summed E-state index contributed by atoms with van der Waals surface area (Å²) in [5, 5.41) is 9.15. The van der Waals surface area contributed by atoms with E-state index < -0.39 is 0 Å². The Morgan fingerprint density at radius 1 is 1.56 bits per heavy atom. The van der Waals surface area contributed by atoms with Gasteiger partial charge in [0.15, 0.2) is 5.82 Å². The van der Waals surface area contributed by atoms with Gasteiger partial charge < -0.3 is 14.6 Å². The second kappa shape index (κ2) is 6.00. The van der Waals surface area contributed by atoms with Gasteiger partial charge in [-0.3, -0.25) is 4.79 Å². The minimum absolute atomic E-state index is 0.0419. The van der Waals surface area contributed by atoms with E-state index in [2.05, 4.69) is 4.98 Å². The minimum atomic E-state index is -0.0419. The summed E-state index contributed by atoms with van der Waals surface area (Å²) in [7, 11) is 0. The molecule has 0 atom stereocenters. The quantitative estimate of drug-likeness (QED) is 0.819. The molecule has 5 heteroatoms. The molecule has 1 aliphatic rings. The van der Waals surface area contributed by atoms with Gasteiger partial charge in [0, 0.05) is 31.5 Å². The SMILES string of the molecule is CCCn1ccnc(N(CCO)C2CCC2)c1=O. The van der Waals surface area contributed by atoms with Gasteiger partial charge in [-0.25, -0.2) is 4.98 Å². The first kappa shape index (κ1) is 13.1. The fourth-order valence-electron chi connectivity index (χ4n) is 2.32. The molecule has 0 unspecified atom stereocenters. The van der Waals surface area contributed by atoms with E-state index in [0.717, 1.165) is 19.3 Å². The monoisotopic (exact) mass is 251 g/mol. The lowest BCUT2D eigenvalue weighted by atomic mass is 9.91. The zero-order valence-electron chi connectivity index (χ0n) is 10.9. The third kappa shape index (κ3) is 2.56. The summed E-state index contributed by atoms with van der Waals surface area (Å²) < 4.78 is 1.70. The highest BCUT2D eigenvalue weighted by atomic mass is 16.3. The Morgan fingerprint density at radius 3 is 2.89 bits per heavy atom. The average molecular weight is 251 g/mol. The number of aliphatic hydroxyl groups excluding tert-OH is 1. The van der Waals surface area contributed by atoms with Crippen LogP contribution in [0.25, 0.3) is 0 Å². The molecule has 1 heterocycles. The Kier molecular flexibility index (Phi) is 4.36. The summed E-state index contributed by atoms with van der Waals surface area (Å²) in [5.41, 5.74) is -0.0419. The van der Waals surface area contributed by atoms with Crippen molar-refractivity contribution in [1.29, 1.82) is 0 Å².